The van der Waals surface area contributed by atoms with E-state index in [1.54, 1.807) is 0 Å². The fourth-order valence-electron chi connectivity index (χ4n) is 5.16. The van der Waals surface area contributed by atoms with Gasteiger partial charge in [0.25, 0.3) is 35.0 Å². The van der Waals surface area contributed by atoms with E-state index in [-0.39, 0.29) is 42.4 Å². The number of rotatable bonds is 6. The Bertz CT molecular complexity index is 1740. The summed E-state index contributed by atoms with van der Waals surface area (Å²) in [5.74, 6) is -12.7. The summed E-state index contributed by atoms with van der Waals surface area (Å²) in [6.07, 6.45) is 12.3. The van der Waals surface area contributed by atoms with Crippen LogP contribution >= 0.6 is 0 Å². The van der Waals surface area contributed by atoms with Crippen LogP contribution in [0.1, 0.15) is 53.4 Å². The van der Waals surface area contributed by atoms with E-state index in [9.17, 15) is 39.0 Å². The number of allylic oxidation sites excluding steroid dienone is 8. The van der Waals surface area contributed by atoms with Gasteiger partial charge in [-0.25, -0.2) is 28.8 Å². The zero-order valence-electron chi connectivity index (χ0n) is 27.2. The molecule has 1 saturated carbocycles. The highest BCUT2D eigenvalue weighted by Gasteiger charge is 2.56. The van der Waals surface area contributed by atoms with E-state index in [0.29, 0.717) is 0 Å². The van der Waals surface area contributed by atoms with Crippen LogP contribution in [-0.2, 0) is 66.7 Å². The summed E-state index contributed by atoms with van der Waals surface area (Å²) in [6.45, 7) is 5.73. The molecule has 2 saturated heterocycles. The molecular weight excluding hydrogens is 664 g/mol. The third-order valence-corrected chi connectivity index (χ3v) is 7.53. The molecule has 0 aromatic carbocycles. The van der Waals surface area contributed by atoms with Gasteiger partial charge in [-0.3, -0.25) is 0 Å². The SMILES string of the molecule is CC1(C)OC(=O)C(=C/C=C/C=C/C2=C(O)OC3(CCC4(CC3)OC(=O)C(=C/C=C/C=C/C3=C(O)OC(C)(C)OC3=O)C(=O)O4)OC2=O)C(=O)O1. The molecule has 5 aliphatic rings. The molecule has 5 rings (SSSR count). The molecule has 0 radical (unpaired) electrons. The largest absolute Gasteiger partial charge is 0.480 e. The number of carbonyl (C=O) groups is 6. The predicted molar refractivity (Wildman–Crippen MR) is 163 cm³/mol. The highest BCUT2D eigenvalue weighted by molar-refractivity contribution is 6.16. The molecule has 1 aliphatic carbocycles. The van der Waals surface area contributed by atoms with Gasteiger partial charge in [-0.05, 0) is 24.3 Å². The molecule has 0 unspecified atom stereocenters. The normalized spacial score (nSPS) is 24.2. The molecule has 2 spiro atoms. The number of aliphatic hydroxyl groups is 2. The van der Waals surface area contributed by atoms with Gasteiger partial charge < -0.3 is 48.1 Å². The Morgan fingerprint density at radius 3 is 1.22 bits per heavy atom. The fraction of sp³-hybridized carbons (Fsp3) is 0.353. The zero-order valence-corrected chi connectivity index (χ0v) is 27.2. The van der Waals surface area contributed by atoms with Crippen molar-refractivity contribution >= 4 is 35.8 Å². The van der Waals surface area contributed by atoms with Crippen molar-refractivity contribution in [1.82, 2.24) is 0 Å². The van der Waals surface area contributed by atoms with Crippen LogP contribution < -0.4 is 0 Å². The Morgan fingerprint density at radius 2 is 0.780 bits per heavy atom. The first kappa shape index (κ1) is 35.3. The summed E-state index contributed by atoms with van der Waals surface area (Å²) >= 11 is 0. The van der Waals surface area contributed by atoms with Crippen molar-refractivity contribution in [3.63, 3.8) is 0 Å². The van der Waals surface area contributed by atoms with E-state index in [0.717, 1.165) is 6.08 Å². The van der Waals surface area contributed by atoms with Crippen LogP contribution in [0.15, 0.2) is 94.9 Å². The Balaban J connectivity index is 1.16. The van der Waals surface area contributed by atoms with Gasteiger partial charge in [0, 0.05) is 53.4 Å². The van der Waals surface area contributed by atoms with Crippen LogP contribution in [0.4, 0.5) is 0 Å². The lowest BCUT2D eigenvalue weighted by Gasteiger charge is -2.46. The van der Waals surface area contributed by atoms with E-state index in [1.807, 2.05) is 0 Å². The van der Waals surface area contributed by atoms with E-state index in [2.05, 4.69) is 0 Å². The molecule has 50 heavy (non-hydrogen) atoms. The average molecular weight is 697 g/mol. The molecule has 0 bridgehead atoms. The van der Waals surface area contributed by atoms with Crippen LogP contribution in [-0.4, -0.2) is 69.2 Å². The molecule has 4 heterocycles. The molecule has 4 aliphatic heterocycles. The maximum atomic E-state index is 12.8. The standard InChI is InChI=1S/C34H32O16/c1-31(2)43-23(35)19(24(36)44-31)11-7-5-9-13-21-27(39)47-33(48-28(21)40)15-17-34(18-16-33)49-29(41)22(30(42)50-34)14-10-6-8-12-20-25(37)45-32(3,4)46-26(20)38/h5-14,35,41H,15-18H2,1-4H3/b8-6+,9-5+,11-7+,14-10+,21-13?. The Hall–Kier alpha value is -6.06. The average Bonchev–Trinajstić information content (AvgIpc) is 2.98. The Kier molecular flexibility index (Phi) is 9.23. The second-order valence-electron chi connectivity index (χ2n) is 12.2. The topological polar surface area (TPSA) is 217 Å². The summed E-state index contributed by atoms with van der Waals surface area (Å²) in [7, 11) is 0. The van der Waals surface area contributed by atoms with Gasteiger partial charge in [-0.15, -0.1) is 0 Å². The van der Waals surface area contributed by atoms with Crippen molar-refractivity contribution in [3.8, 4) is 0 Å². The highest BCUT2D eigenvalue weighted by Crippen LogP contribution is 2.45. The lowest BCUT2D eigenvalue weighted by Crippen LogP contribution is -2.54. The third-order valence-electron chi connectivity index (χ3n) is 7.53. The minimum absolute atomic E-state index is 0.105. The quantitative estimate of drug-likeness (QED) is 0.134. The Morgan fingerprint density at radius 1 is 0.440 bits per heavy atom. The van der Waals surface area contributed by atoms with E-state index in [4.69, 9.17) is 37.9 Å². The molecule has 0 aromatic heterocycles. The van der Waals surface area contributed by atoms with Crippen LogP contribution in [0.25, 0.3) is 0 Å². The molecule has 264 valence electrons. The molecule has 0 aromatic rings. The summed E-state index contributed by atoms with van der Waals surface area (Å²) in [4.78, 5) is 74.3. The van der Waals surface area contributed by atoms with E-state index >= 15 is 0 Å². The van der Waals surface area contributed by atoms with Crippen molar-refractivity contribution < 1.29 is 76.9 Å². The monoisotopic (exact) mass is 696 g/mol. The molecule has 0 amide bonds. The maximum Gasteiger partial charge on any atom is 0.348 e. The van der Waals surface area contributed by atoms with Crippen LogP contribution in [0.2, 0.25) is 0 Å². The van der Waals surface area contributed by atoms with Gasteiger partial charge in [-0.1, -0.05) is 36.5 Å². The molecule has 16 nitrogen and oxygen atoms in total. The summed E-state index contributed by atoms with van der Waals surface area (Å²) < 4.78 is 42.1. The van der Waals surface area contributed by atoms with Gasteiger partial charge in [0.05, 0.1) is 0 Å². The number of ether oxygens (including phenoxy) is 8. The smallest absolute Gasteiger partial charge is 0.348 e. The molecule has 16 heteroatoms. The summed E-state index contributed by atoms with van der Waals surface area (Å²) in [5, 5.41) is 20.4. The number of esters is 6. The zero-order chi connectivity index (χ0) is 36.5. The molecule has 3 fully saturated rings. The van der Waals surface area contributed by atoms with Crippen molar-refractivity contribution in [2.75, 3.05) is 0 Å². The molecular formula is C34H32O16. The van der Waals surface area contributed by atoms with Gasteiger partial charge >= 0.3 is 35.8 Å². The number of aliphatic hydroxyl groups excluding tert-OH is 2. The first-order chi connectivity index (χ1) is 23.4. The van der Waals surface area contributed by atoms with Crippen LogP contribution in [0.5, 0.6) is 0 Å². The number of cyclic esters (lactones) is 3. The lowest BCUT2D eigenvalue weighted by atomic mass is 9.87. The van der Waals surface area contributed by atoms with Gasteiger partial charge in [0.15, 0.2) is 0 Å². The van der Waals surface area contributed by atoms with Gasteiger partial charge in [0.1, 0.15) is 22.3 Å². The second kappa shape index (κ2) is 13.1. The number of hydrogen-bond acceptors (Lipinski definition) is 16. The van der Waals surface area contributed by atoms with Crippen molar-refractivity contribution in [2.24, 2.45) is 0 Å². The summed E-state index contributed by atoms with van der Waals surface area (Å²) in [6, 6.07) is 0. The number of hydrogen-bond donors (Lipinski definition) is 2. The first-order valence-electron chi connectivity index (χ1n) is 15.2. The van der Waals surface area contributed by atoms with Crippen molar-refractivity contribution in [1.29, 1.82) is 0 Å². The van der Waals surface area contributed by atoms with E-state index < -0.39 is 76.4 Å². The minimum Gasteiger partial charge on any atom is -0.480 e. The maximum absolute atomic E-state index is 12.8. The second-order valence-corrected chi connectivity index (χ2v) is 12.2. The third kappa shape index (κ3) is 7.64. The molecule has 0 atom stereocenters. The minimum atomic E-state index is -1.65. The summed E-state index contributed by atoms with van der Waals surface area (Å²) in [5.41, 5.74) is -1.29. The predicted octanol–water partition coefficient (Wildman–Crippen LogP) is 3.39. The molecule has 2 N–H and O–H groups in total. The van der Waals surface area contributed by atoms with Gasteiger partial charge in [-0.2, -0.15) is 0 Å². The van der Waals surface area contributed by atoms with E-state index in [1.165, 1.54) is 82.4 Å². The van der Waals surface area contributed by atoms with Gasteiger partial charge in [0.2, 0.25) is 0 Å². The van der Waals surface area contributed by atoms with Crippen molar-refractivity contribution in [3.05, 3.63) is 94.9 Å². The lowest BCUT2D eigenvalue weighted by molar-refractivity contribution is -0.297. The first-order valence-corrected chi connectivity index (χ1v) is 15.2. The van der Waals surface area contributed by atoms with Crippen LogP contribution in [0, 0.1) is 0 Å². The van der Waals surface area contributed by atoms with Crippen molar-refractivity contribution in [2.45, 2.75) is 76.5 Å². The number of carbonyl (C=O) groups excluding carboxylic acids is 6. The highest BCUT2D eigenvalue weighted by atomic mass is 16.8. The Labute approximate surface area is 284 Å². The van der Waals surface area contributed by atoms with Crippen LogP contribution in [0.3, 0.4) is 0 Å². The fourth-order valence-corrected chi connectivity index (χ4v) is 5.16.